The van der Waals surface area contributed by atoms with Gasteiger partial charge < -0.3 is 19.1 Å². The van der Waals surface area contributed by atoms with Crippen LogP contribution < -0.4 is 0 Å². The van der Waals surface area contributed by atoms with Gasteiger partial charge in [0.05, 0.1) is 13.1 Å². The summed E-state index contributed by atoms with van der Waals surface area (Å²) in [5.41, 5.74) is 2.39. The molecule has 1 aromatic carbocycles. The van der Waals surface area contributed by atoms with E-state index in [9.17, 15) is 9.59 Å². The lowest BCUT2D eigenvalue weighted by Crippen LogP contribution is -2.48. The molecule has 6 nitrogen and oxygen atoms in total. The first-order valence-corrected chi connectivity index (χ1v) is 13.5. The summed E-state index contributed by atoms with van der Waals surface area (Å²) < 4.78 is 7.73. The fraction of sp³-hybridized carbons (Fsp3) is 0.586. The van der Waals surface area contributed by atoms with Gasteiger partial charge in [0.1, 0.15) is 0 Å². The minimum atomic E-state index is 0.0785. The molecule has 4 rings (SSSR count). The summed E-state index contributed by atoms with van der Waals surface area (Å²) >= 11 is 0. The second kappa shape index (κ2) is 12.9. The predicted molar refractivity (Wildman–Crippen MR) is 138 cm³/mol. The Balaban J connectivity index is 1.47. The van der Waals surface area contributed by atoms with Crippen LogP contribution in [0.15, 0.2) is 48.7 Å². The van der Waals surface area contributed by atoms with Gasteiger partial charge >= 0.3 is 0 Å². The van der Waals surface area contributed by atoms with Crippen LogP contribution in [0.5, 0.6) is 0 Å². The summed E-state index contributed by atoms with van der Waals surface area (Å²) in [6.45, 7) is 5.42. The summed E-state index contributed by atoms with van der Waals surface area (Å²) in [5, 5.41) is 0. The normalized spacial score (nSPS) is 16.3. The third kappa shape index (κ3) is 7.44. The number of aromatic nitrogens is 1. The molecule has 0 radical (unpaired) electrons. The summed E-state index contributed by atoms with van der Waals surface area (Å²) in [7, 11) is 0. The SMILES string of the molecule is CCOCCCN(CC(=O)N(Cc1cccn1Cc1ccccc1)C1CCCCC1)C(=O)C1CC1. The Bertz CT molecular complexity index is 932. The van der Waals surface area contributed by atoms with Crippen molar-refractivity contribution in [2.24, 2.45) is 5.92 Å². The third-order valence-corrected chi connectivity index (χ3v) is 7.27. The lowest BCUT2D eigenvalue weighted by molar-refractivity contribution is -0.143. The fourth-order valence-electron chi connectivity index (χ4n) is 5.13. The monoisotopic (exact) mass is 479 g/mol. The average molecular weight is 480 g/mol. The van der Waals surface area contributed by atoms with Gasteiger partial charge in [0.25, 0.3) is 0 Å². The molecular formula is C29H41N3O3. The molecule has 0 bridgehead atoms. The summed E-state index contributed by atoms with van der Waals surface area (Å²) in [6.07, 6.45) is 10.4. The van der Waals surface area contributed by atoms with Crippen molar-refractivity contribution in [1.82, 2.24) is 14.4 Å². The molecule has 0 N–H and O–H groups in total. The van der Waals surface area contributed by atoms with Gasteiger partial charge in [-0.15, -0.1) is 0 Å². The topological polar surface area (TPSA) is 54.8 Å². The van der Waals surface area contributed by atoms with E-state index in [0.29, 0.717) is 26.3 Å². The zero-order valence-electron chi connectivity index (χ0n) is 21.2. The molecule has 35 heavy (non-hydrogen) atoms. The van der Waals surface area contributed by atoms with Crippen LogP contribution in [0.25, 0.3) is 0 Å². The Kier molecular flexibility index (Phi) is 9.41. The van der Waals surface area contributed by atoms with E-state index >= 15 is 0 Å². The van der Waals surface area contributed by atoms with Crippen molar-refractivity contribution in [2.45, 2.75) is 77.4 Å². The Morgan fingerprint density at radius 1 is 1.00 bits per heavy atom. The van der Waals surface area contributed by atoms with Crippen molar-refractivity contribution in [1.29, 1.82) is 0 Å². The lowest BCUT2D eigenvalue weighted by atomic mass is 9.94. The number of benzene rings is 1. The molecule has 0 atom stereocenters. The van der Waals surface area contributed by atoms with Gasteiger partial charge in [-0.1, -0.05) is 49.6 Å². The summed E-state index contributed by atoms with van der Waals surface area (Å²) in [6, 6.07) is 14.9. The molecule has 0 saturated heterocycles. The molecule has 0 aliphatic heterocycles. The van der Waals surface area contributed by atoms with E-state index in [4.69, 9.17) is 4.74 Å². The van der Waals surface area contributed by atoms with Crippen LogP contribution in [0.2, 0.25) is 0 Å². The van der Waals surface area contributed by atoms with Crippen molar-refractivity contribution < 1.29 is 14.3 Å². The van der Waals surface area contributed by atoms with Crippen LogP contribution in [-0.2, 0) is 27.4 Å². The molecule has 6 heteroatoms. The maximum absolute atomic E-state index is 13.8. The molecular weight excluding hydrogens is 438 g/mol. The maximum Gasteiger partial charge on any atom is 0.242 e. The highest BCUT2D eigenvalue weighted by Crippen LogP contribution is 2.31. The smallest absolute Gasteiger partial charge is 0.242 e. The summed E-state index contributed by atoms with van der Waals surface area (Å²) in [4.78, 5) is 30.6. The number of nitrogens with zero attached hydrogens (tertiary/aromatic N) is 3. The first-order chi connectivity index (χ1) is 17.2. The number of amides is 2. The van der Waals surface area contributed by atoms with Crippen LogP contribution in [0, 0.1) is 5.92 Å². The molecule has 2 amide bonds. The first kappa shape index (κ1) is 25.5. The number of hydrogen-bond acceptors (Lipinski definition) is 3. The number of carbonyl (C=O) groups is 2. The van der Waals surface area contributed by atoms with Gasteiger partial charge in [-0.05, 0) is 56.7 Å². The second-order valence-corrected chi connectivity index (χ2v) is 10.0. The van der Waals surface area contributed by atoms with E-state index in [2.05, 4.69) is 52.1 Å². The van der Waals surface area contributed by atoms with E-state index in [1.54, 1.807) is 4.90 Å². The number of rotatable bonds is 13. The van der Waals surface area contributed by atoms with E-state index < -0.39 is 0 Å². The van der Waals surface area contributed by atoms with Crippen molar-refractivity contribution in [3.8, 4) is 0 Å². The molecule has 190 valence electrons. The zero-order chi connectivity index (χ0) is 24.5. The van der Waals surface area contributed by atoms with Gasteiger partial charge in [-0.3, -0.25) is 9.59 Å². The van der Waals surface area contributed by atoms with Crippen molar-refractivity contribution >= 4 is 11.8 Å². The van der Waals surface area contributed by atoms with E-state index in [1.165, 1.54) is 24.8 Å². The average Bonchev–Trinajstić information content (AvgIpc) is 3.65. The lowest BCUT2D eigenvalue weighted by Gasteiger charge is -2.36. The molecule has 0 spiro atoms. The molecule has 0 unspecified atom stereocenters. The Hall–Kier alpha value is -2.60. The van der Waals surface area contributed by atoms with Crippen molar-refractivity contribution in [2.75, 3.05) is 26.3 Å². The Morgan fingerprint density at radius 3 is 2.49 bits per heavy atom. The molecule has 2 fully saturated rings. The highest BCUT2D eigenvalue weighted by molar-refractivity contribution is 5.87. The van der Waals surface area contributed by atoms with E-state index in [0.717, 1.165) is 44.3 Å². The first-order valence-electron chi connectivity index (χ1n) is 13.5. The van der Waals surface area contributed by atoms with Gasteiger partial charge in [-0.2, -0.15) is 0 Å². The standard InChI is InChI=1S/C29H41N3O3/c1-2-35-20-10-19-31(29(34)25-16-17-25)23-28(33)32(26-13-7-4-8-14-26)22-27-15-9-18-30(27)21-24-11-5-3-6-12-24/h3,5-6,9,11-12,15,18,25-26H,2,4,7-8,10,13-14,16-17,19-23H2,1H3. The Morgan fingerprint density at radius 2 is 1.77 bits per heavy atom. The molecule has 2 aliphatic carbocycles. The summed E-state index contributed by atoms with van der Waals surface area (Å²) in [5.74, 6) is 0.335. The van der Waals surface area contributed by atoms with Gasteiger partial charge in [0, 0.05) is 50.2 Å². The highest BCUT2D eigenvalue weighted by Gasteiger charge is 2.35. The second-order valence-electron chi connectivity index (χ2n) is 10.0. The molecule has 1 heterocycles. The van der Waals surface area contributed by atoms with Crippen LogP contribution in [0.4, 0.5) is 0 Å². The molecule has 2 saturated carbocycles. The number of carbonyl (C=O) groups excluding carboxylic acids is 2. The largest absolute Gasteiger partial charge is 0.382 e. The van der Waals surface area contributed by atoms with Gasteiger partial charge in [-0.25, -0.2) is 0 Å². The van der Waals surface area contributed by atoms with Crippen LogP contribution in [0.1, 0.15) is 69.5 Å². The number of hydrogen-bond donors (Lipinski definition) is 0. The quantitative estimate of drug-likeness (QED) is 0.386. The minimum Gasteiger partial charge on any atom is -0.382 e. The molecule has 1 aromatic heterocycles. The fourth-order valence-corrected chi connectivity index (χ4v) is 5.13. The van der Waals surface area contributed by atoms with E-state index in [-0.39, 0.29) is 30.3 Å². The van der Waals surface area contributed by atoms with Crippen LogP contribution in [-0.4, -0.2) is 58.5 Å². The molecule has 2 aliphatic rings. The maximum atomic E-state index is 13.8. The predicted octanol–water partition coefficient (Wildman–Crippen LogP) is 4.86. The zero-order valence-corrected chi connectivity index (χ0v) is 21.2. The van der Waals surface area contributed by atoms with Crippen LogP contribution in [0.3, 0.4) is 0 Å². The van der Waals surface area contributed by atoms with Gasteiger partial charge in [0.2, 0.25) is 11.8 Å². The molecule has 2 aromatic rings. The van der Waals surface area contributed by atoms with E-state index in [1.807, 2.05) is 13.0 Å². The van der Waals surface area contributed by atoms with Crippen LogP contribution >= 0.6 is 0 Å². The van der Waals surface area contributed by atoms with Crippen molar-refractivity contribution in [3.63, 3.8) is 0 Å². The van der Waals surface area contributed by atoms with Crippen molar-refractivity contribution in [3.05, 3.63) is 59.9 Å². The minimum absolute atomic E-state index is 0.0785. The third-order valence-electron chi connectivity index (χ3n) is 7.27. The van der Waals surface area contributed by atoms with Gasteiger partial charge in [0.15, 0.2) is 0 Å². The number of ether oxygens (including phenoxy) is 1. The Labute approximate surface area is 210 Å². The highest BCUT2D eigenvalue weighted by atomic mass is 16.5.